The standard InChI is InChI=1S/C10H14F4N2O2/c1-2-16-7(3-4-15-16)8(17)5-18-6-10(13,14)9(11)12/h3-4,8-9,17H,2,5-6H2,1H3. The summed E-state index contributed by atoms with van der Waals surface area (Å²) in [6.07, 6.45) is -3.52. The summed E-state index contributed by atoms with van der Waals surface area (Å²) in [5, 5.41) is 13.5. The minimum absolute atomic E-state index is 0.387. The van der Waals surface area contributed by atoms with Crippen LogP contribution in [0.1, 0.15) is 18.7 Å². The second-order valence-electron chi connectivity index (χ2n) is 3.66. The Hall–Kier alpha value is -1.15. The molecule has 0 radical (unpaired) electrons. The third kappa shape index (κ3) is 3.67. The molecule has 104 valence electrons. The van der Waals surface area contributed by atoms with Gasteiger partial charge in [0.1, 0.15) is 12.7 Å². The Balaban J connectivity index is 2.45. The molecule has 1 unspecified atom stereocenters. The van der Waals surface area contributed by atoms with Crippen molar-refractivity contribution in [1.29, 1.82) is 0 Å². The maximum atomic E-state index is 12.5. The molecule has 0 fully saturated rings. The number of aryl methyl sites for hydroxylation is 1. The van der Waals surface area contributed by atoms with Gasteiger partial charge < -0.3 is 9.84 Å². The zero-order chi connectivity index (χ0) is 13.8. The highest BCUT2D eigenvalue weighted by molar-refractivity contribution is 5.04. The van der Waals surface area contributed by atoms with E-state index in [1.165, 1.54) is 16.9 Å². The van der Waals surface area contributed by atoms with E-state index in [1.807, 2.05) is 0 Å². The lowest BCUT2D eigenvalue weighted by molar-refractivity contribution is -0.171. The second-order valence-corrected chi connectivity index (χ2v) is 3.66. The Morgan fingerprint density at radius 3 is 2.72 bits per heavy atom. The van der Waals surface area contributed by atoms with E-state index in [1.54, 1.807) is 6.92 Å². The first kappa shape index (κ1) is 14.9. The van der Waals surface area contributed by atoms with E-state index in [0.717, 1.165) is 0 Å². The number of aliphatic hydroxyl groups is 1. The van der Waals surface area contributed by atoms with Gasteiger partial charge in [0.05, 0.1) is 12.3 Å². The topological polar surface area (TPSA) is 47.3 Å². The van der Waals surface area contributed by atoms with Crippen LogP contribution >= 0.6 is 0 Å². The van der Waals surface area contributed by atoms with Crippen LogP contribution in [0.5, 0.6) is 0 Å². The molecular formula is C10H14F4N2O2. The molecule has 0 spiro atoms. The summed E-state index contributed by atoms with van der Waals surface area (Å²) in [5.41, 5.74) is 0.387. The highest BCUT2D eigenvalue weighted by atomic mass is 19.3. The van der Waals surface area contributed by atoms with Crippen molar-refractivity contribution in [1.82, 2.24) is 9.78 Å². The molecule has 8 heteroatoms. The molecule has 0 aliphatic rings. The number of hydrogen-bond donors (Lipinski definition) is 1. The van der Waals surface area contributed by atoms with Gasteiger partial charge in [0.15, 0.2) is 0 Å². The summed E-state index contributed by atoms with van der Waals surface area (Å²) in [4.78, 5) is 0. The van der Waals surface area contributed by atoms with Gasteiger partial charge in [0.2, 0.25) is 0 Å². The quantitative estimate of drug-likeness (QED) is 0.769. The molecule has 1 aromatic rings. The smallest absolute Gasteiger partial charge is 0.330 e. The van der Waals surface area contributed by atoms with Crippen molar-refractivity contribution < 1.29 is 27.4 Å². The number of nitrogens with zero attached hydrogens (tertiary/aromatic N) is 2. The van der Waals surface area contributed by atoms with Crippen molar-refractivity contribution in [2.45, 2.75) is 31.9 Å². The number of aliphatic hydroxyl groups excluding tert-OH is 1. The molecule has 0 aliphatic heterocycles. The maximum absolute atomic E-state index is 12.5. The van der Waals surface area contributed by atoms with E-state index < -0.39 is 31.7 Å². The van der Waals surface area contributed by atoms with Crippen LogP contribution < -0.4 is 0 Å². The number of halogens is 4. The lowest BCUT2D eigenvalue weighted by atomic mass is 10.2. The fourth-order valence-corrected chi connectivity index (χ4v) is 1.35. The van der Waals surface area contributed by atoms with Gasteiger partial charge in [-0.15, -0.1) is 0 Å². The maximum Gasteiger partial charge on any atom is 0.330 e. The van der Waals surface area contributed by atoms with Gasteiger partial charge in [0.25, 0.3) is 0 Å². The van der Waals surface area contributed by atoms with Crippen molar-refractivity contribution >= 4 is 0 Å². The molecule has 1 atom stereocenters. The van der Waals surface area contributed by atoms with Crippen LogP contribution in [0, 0.1) is 0 Å². The van der Waals surface area contributed by atoms with Gasteiger partial charge in [-0.3, -0.25) is 4.68 Å². The van der Waals surface area contributed by atoms with Gasteiger partial charge in [-0.05, 0) is 13.0 Å². The molecule has 0 bridgehead atoms. The van der Waals surface area contributed by atoms with Crippen molar-refractivity contribution in [3.05, 3.63) is 18.0 Å². The SMILES string of the molecule is CCn1nccc1C(O)COCC(F)(F)C(F)F. The van der Waals surface area contributed by atoms with Crippen LogP contribution in [0.15, 0.2) is 12.3 Å². The molecule has 1 heterocycles. The zero-order valence-electron chi connectivity index (χ0n) is 9.69. The van der Waals surface area contributed by atoms with Gasteiger partial charge in [0, 0.05) is 12.7 Å². The first-order valence-corrected chi connectivity index (χ1v) is 5.32. The summed E-state index contributed by atoms with van der Waals surface area (Å²) in [7, 11) is 0. The highest BCUT2D eigenvalue weighted by Crippen LogP contribution is 2.23. The fraction of sp³-hybridized carbons (Fsp3) is 0.700. The monoisotopic (exact) mass is 270 g/mol. The van der Waals surface area contributed by atoms with Crippen LogP contribution in [-0.2, 0) is 11.3 Å². The van der Waals surface area contributed by atoms with Gasteiger partial charge in [-0.1, -0.05) is 0 Å². The predicted octanol–water partition coefficient (Wildman–Crippen LogP) is 1.85. The Bertz CT molecular complexity index is 371. The summed E-state index contributed by atoms with van der Waals surface area (Å²) < 4.78 is 54.5. The Morgan fingerprint density at radius 2 is 2.17 bits per heavy atom. The average Bonchev–Trinajstić information content (AvgIpc) is 2.76. The van der Waals surface area contributed by atoms with E-state index in [9.17, 15) is 22.7 Å². The van der Waals surface area contributed by atoms with Crippen LogP contribution in [0.4, 0.5) is 17.6 Å². The second kappa shape index (κ2) is 6.14. The largest absolute Gasteiger partial charge is 0.384 e. The third-order valence-electron chi connectivity index (χ3n) is 2.28. The average molecular weight is 270 g/mol. The number of hydrogen-bond acceptors (Lipinski definition) is 3. The number of ether oxygens (including phenoxy) is 1. The lowest BCUT2D eigenvalue weighted by Crippen LogP contribution is -2.33. The molecule has 1 aromatic heterocycles. The Kier molecular flexibility index (Phi) is 5.09. The van der Waals surface area contributed by atoms with Crippen LogP contribution in [0.3, 0.4) is 0 Å². The van der Waals surface area contributed by atoms with Gasteiger partial charge in [-0.2, -0.15) is 13.9 Å². The van der Waals surface area contributed by atoms with Crippen LogP contribution in [0.2, 0.25) is 0 Å². The van der Waals surface area contributed by atoms with E-state index >= 15 is 0 Å². The lowest BCUT2D eigenvalue weighted by Gasteiger charge is -2.17. The molecule has 1 rings (SSSR count). The Morgan fingerprint density at radius 1 is 1.50 bits per heavy atom. The molecule has 0 aromatic carbocycles. The first-order valence-electron chi connectivity index (χ1n) is 5.32. The number of aromatic nitrogens is 2. The van der Waals surface area contributed by atoms with E-state index in [0.29, 0.717) is 12.2 Å². The molecule has 1 N–H and O–H groups in total. The van der Waals surface area contributed by atoms with E-state index in [-0.39, 0.29) is 0 Å². The molecule has 4 nitrogen and oxygen atoms in total. The molecule has 0 amide bonds. The van der Waals surface area contributed by atoms with E-state index in [4.69, 9.17) is 0 Å². The van der Waals surface area contributed by atoms with Crippen molar-refractivity contribution in [2.24, 2.45) is 0 Å². The molecule has 0 saturated heterocycles. The summed E-state index contributed by atoms with van der Waals surface area (Å²) in [6.45, 7) is 0.359. The van der Waals surface area contributed by atoms with Crippen LogP contribution in [0.25, 0.3) is 0 Å². The highest BCUT2D eigenvalue weighted by Gasteiger charge is 2.41. The van der Waals surface area contributed by atoms with Crippen molar-refractivity contribution in [3.63, 3.8) is 0 Å². The van der Waals surface area contributed by atoms with Crippen LogP contribution in [-0.4, -0.2) is 40.4 Å². The normalized spacial score (nSPS) is 14.2. The third-order valence-corrected chi connectivity index (χ3v) is 2.28. The molecule has 0 saturated carbocycles. The predicted molar refractivity (Wildman–Crippen MR) is 54.6 cm³/mol. The number of alkyl halides is 4. The summed E-state index contributed by atoms with van der Waals surface area (Å²) in [6, 6.07) is 1.50. The minimum atomic E-state index is -4.20. The number of rotatable bonds is 7. The molecule has 18 heavy (non-hydrogen) atoms. The minimum Gasteiger partial charge on any atom is -0.384 e. The molecule has 0 aliphatic carbocycles. The van der Waals surface area contributed by atoms with E-state index in [2.05, 4.69) is 9.84 Å². The van der Waals surface area contributed by atoms with Crippen molar-refractivity contribution in [3.8, 4) is 0 Å². The summed E-state index contributed by atoms with van der Waals surface area (Å²) >= 11 is 0. The van der Waals surface area contributed by atoms with Crippen molar-refractivity contribution in [2.75, 3.05) is 13.2 Å². The zero-order valence-corrected chi connectivity index (χ0v) is 9.69. The Labute approximate surface area is 101 Å². The van der Waals surface area contributed by atoms with Gasteiger partial charge in [-0.25, -0.2) is 8.78 Å². The summed E-state index contributed by atoms with van der Waals surface area (Å²) in [5.74, 6) is -4.20. The first-order chi connectivity index (χ1) is 8.38. The van der Waals surface area contributed by atoms with Gasteiger partial charge >= 0.3 is 12.3 Å². The molecular weight excluding hydrogens is 256 g/mol. The fourth-order valence-electron chi connectivity index (χ4n) is 1.35.